The van der Waals surface area contributed by atoms with Gasteiger partial charge < -0.3 is 14.3 Å². The summed E-state index contributed by atoms with van der Waals surface area (Å²) in [5.41, 5.74) is 1.44. The van der Waals surface area contributed by atoms with Crippen molar-refractivity contribution in [3.63, 3.8) is 0 Å². The number of furan rings is 1. The van der Waals surface area contributed by atoms with E-state index in [0.717, 1.165) is 25.7 Å². The van der Waals surface area contributed by atoms with E-state index in [-0.39, 0.29) is 16.8 Å². The molecule has 1 fully saturated rings. The van der Waals surface area contributed by atoms with Crippen molar-refractivity contribution in [2.45, 2.75) is 44.5 Å². The number of aryl methyl sites for hydroxylation is 1. The highest BCUT2D eigenvalue weighted by molar-refractivity contribution is 6.20. The molecule has 0 aliphatic heterocycles. The largest absolute Gasteiger partial charge is 0.467 e. The van der Waals surface area contributed by atoms with Crippen LogP contribution in [0.4, 0.5) is 0 Å². The van der Waals surface area contributed by atoms with Gasteiger partial charge in [-0.25, -0.2) is 0 Å². The van der Waals surface area contributed by atoms with Gasteiger partial charge in [-0.05, 0) is 62.8 Å². The van der Waals surface area contributed by atoms with E-state index < -0.39 is 0 Å². The van der Waals surface area contributed by atoms with Crippen LogP contribution in [0.3, 0.4) is 0 Å². The van der Waals surface area contributed by atoms with Crippen LogP contribution in [0.5, 0.6) is 0 Å². The van der Waals surface area contributed by atoms with Gasteiger partial charge in [-0.2, -0.15) is 0 Å². The van der Waals surface area contributed by atoms with E-state index in [4.69, 9.17) is 16.0 Å². The van der Waals surface area contributed by atoms with Crippen molar-refractivity contribution < 1.29 is 9.21 Å². The minimum absolute atomic E-state index is 0.189. The van der Waals surface area contributed by atoms with Crippen molar-refractivity contribution in [2.24, 2.45) is 5.92 Å². The number of nitrogens with zero attached hydrogens (tertiary/aromatic N) is 2. The second-order valence-electron chi connectivity index (χ2n) is 7.71. The van der Waals surface area contributed by atoms with Gasteiger partial charge in [0.05, 0.1) is 35.0 Å². The first-order chi connectivity index (χ1) is 14.0. The van der Waals surface area contributed by atoms with Crippen LogP contribution in [0.1, 0.15) is 47.5 Å². The Hall–Kier alpha value is -2.60. The molecule has 0 unspecified atom stereocenters. The Morgan fingerprint density at radius 1 is 1.31 bits per heavy atom. The van der Waals surface area contributed by atoms with Crippen LogP contribution in [0, 0.1) is 12.8 Å². The smallest absolute Gasteiger partial charge is 0.260 e. The van der Waals surface area contributed by atoms with Gasteiger partial charge in [0, 0.05) is 18.1 Å². The fraction of sp³-hybridized carbons (Fsp3) is 0.409. The third-order valence-corrected chi connectivity index (χ3v) is 6.06. The summed E-state index contributed by atoms with van der Waals surface area (Å²) in [6.45, 7) is 2.75. The topological polar surface area (TPSA) is 77.1 Å². The number of carbonyl (C=O) groups excluding carboxylic acids is 1. The zero-order chi connectivity index (χ0) is 20.4. The number of amides is 1. The lowest BCUT2D eigenvalue weighted by molar-refractivity contribution is 0.0943. The molecule has 7 heteroatoms. The lowest BCUT2D eigenvalue weighted by Crippen LogP contribution is -2.32. The predicted molar refractivity (Wildman–Crippen MR) is 112 cm³/mol. The van der Waals surface area contributed by atoms with Crippen molar-refractivity contribution in [3.8, 4) is 0 Å². The molecular weight excluding hydrogens is 390 g/mol. The van der Waals surface area contributed by atoms with Gasteiger partial charge in [-0.15, -0.1) is 11.6 Å². The molecule has 0 aromatic carbocycles. The monoisotopic (exact) mass is 413 g/mol. The van der Waals surface area contributed by atoms with Crippen LogP contribution in [-0.2, 0) is 6.54 Å². The molecule has 0 bridgehead atoms. The fourth-order valence-corrected chi connectivity index (χ4v) is 4.14. The van der Waals surface area contributed by atoms with Crippen LogP contribution < -0.4 is 10.9 Å². The molecule has 0 saturated heterocycles. The molecule has 152 valence electrons. The molecule has 3 aromatic heterocycles. The highest BCUT2D eigenvalue weighted by Gasteiger charge is 2.21. The number of halogens is 1. The van der Waals surface area contributed by atoms with Crippen molar-refractivity contribution in [3.05, 3.63) is 64.1 Å². The summed E-state index contributed by atoms with van der Waals surface area (Å²) in [6.07, 6.45) is 7.32. The second kappa shape index (κ2) is 8.41. The van der Waals surface area contributed by atoms with Gasteiger partial charge in [0.15, 0.2) is 0 Å². The quantitative estimate of drug-likeness (QED) is 0.644. The van der Waals surface area contributed by atoms with Crippen LogP contribution in [0.2, 0.25) is 0 Å². The lowest BCUT2D eigenvalue weighted by atomic mass is 9.89. The maximum absolute atomic E-state index is 12.9. The fourth-order valence-electron chi connectivity index (χ4n) is 3.89. The van der Waals surface area contributed by atoms with Gasteiger partial charge in [0.1, 0.15) is 5.76 Å². The van der Waals surface area contributed by atoms with Gasteiger partial charge in [-0.3, -0.25) is 14.6 Å². The van der Waals surface area contributed by atoms with Crippen LogP contribution in [-0.4, -0.2) is 27.4 Å². The first kappa shape index (κ1) is 19.7. The SMILES string of the molecule is Cc1nc2ccn(Cc3ccco3)c(=O)c2cc1C(=O)NCC1CCC(Cl)CC1. The minimum atomic E-state index is -0.194. The Labute approximate surface area is 173 Å². The average Bonchev–Trinajstić information content (AvgIpc) is 3.22. The van der Waals surface area contributed by atoms with Gasteiger partial charge >= 0.3 is 0 Å². The zero-order valence-corrected chi connectivity index (χ0v) is 17.1. The molecule has 1 saturated carbocycles. The molecule has 6 nitrogen and oxygen atoms in total. The van der Waals surface area contributed by atoms with E-state index in [1.165, 1.54) is 0 Å². The molecular formula is C22H24ClN3O3. The molecule has 0 atom stereocenters. The molecule has 1 aliphatic rings. The van der Waals surface area contributed by atoms with Crippen LogP contribution >= 0.6 is 11.6 Å². The standard InChI is InChI=1S/C22H24ClN3O3/c1-14-18(21(27)24-12-15-4-6-16(23)7-5-15)11-19-20(25-14)8-9-26(22(19)28)13-17-3-2-10-29-17/h2-3,8-11,15-16H,4-7,12-13H2,1H3,(H,24,27). The molecule has 1 N–H and O–H groups in total. The number of pyridine rings is 2. The van der Waals surface area contributed by atoms with Crippen molar-refractivity contribution >= 4 is 28.4 Å². The predicted octanol–water partition coefficient (Wildman–Crippen LogP) is 3.87. The number of hydrogen-bond acceptors (Lipinski definition) is 4. The number of hydrogen-bond donors (Lipinski definition) is 1. The molecule has 4 rings (SSSR count). The normalized spacial score (nSPS) is 19.4. The van der Waals surface area contributed by atoms with Crippen LogP contribution in [0.25, 0.3) is 10.9 Å². The molecule has 3 heterocycles. The van der Waals surface area contributed by atoms with Gasteiger partial charge in [0.25, 0.3) is 11.5 Å². The first-order valence-corrected chi connectivity index (χ1v) is 10.4. The Kier molecular flexibility index (Phi) is 5.72. The summed E-state index contributed by atoms with van der Waals surface area (Å²) < 4.78 is 6.89. The molecule has 0 spiro atoms. The third-order valence-electron chi connectivity index (χ3n) is 5.62. The van der Waals surface area contributed by atoms with E-state index in [1.807, 2.05) is 6.07 Å². The molecule has 1 amide bonds. The Morgan fingerprint density at radius 2 is 2.10 bits per heavy atom. The van der Waals surface area contributed by atoms with Crippen LogP contribution in [0.15, 0.2) is 45.9 Å². The van der Waals surface area contributed by atoms with Crippen molar-refractivity contribution in [1.29, 1.82) is 0 Å². The number of alkyl halides is 1. The van der Waals surface area contributed by atoms with Gasteiger partial charge in [-0.1, -0.05) is 0 Å². The second-order valence-corrected chi connectivity index (χ2v) is 8.33. The first-order valence-electron chi connectivity index (χ1n) is 9.96. The summed E-state index contributed by atoms with van der Waals surface area (Å²) in [5, 5.41) is 3.70. The Balaban J connectivity index is 1.55. The number of carbonyl (C=O) groups is 1. The number of fused-ring (bicyclic) bond motifs is 1. The molecule has 29 heavy (non-hydrogen) atoms. The highest BCUT2D eigenvalue weighted by Crippen LogP contribution is 2.27. The van der Waals surface area contributed by atoms with Crippen molar-refractivity contribution in [2.75, 3.05) is 6.54 Å². The van der Waals surface area contributed by atoms with E-state index in [1.54, 1.807) is 42.1 Å². The lowest BCUT2D eigenvalue weighted by Gasteiger charge is -2.25. The van der Waals surface area contributed by atoms with Gasteiger partial charge in [0.2, 0.25) is 0 Å². The Bertz CT molecular complexity index is 1070. The number of rotatable bonds is 5. The summed E-state index contributed by atoms with van der Waals surface area (Å²) in [4.78, 5) is 30.2. The summed E-state index contributed by atoms with van der Waals surface area (Å²) in [5.74, 6) is 0.954. The average molecular weight is 414 g/mol. The van der Waals surface area contributed by atoms with E-state index in [9.17, 15) is 9.59 Å². The zero-order valence-electron chi connectivity index (χ0n) is 16.4. The maximum Gasteiger partial charge on any atom is 0.260 e. The summed E-state index contributed by atoms with van der Waals surface area (Å²) in [6, 6.07) is 7.05. The molecule has 0 radical (unpaired) electrons. The number of nitrogens with one attached hydrogen (secondary N) is 1. The number of aromatic nitrogens is 2. The molecule has 3 aromatic rings. The van der Waals surface area contributed by atoms with E-state index in [2.05, 4.69) is 10.3 Å². The third kappa shape index (κ3) is 4.37. The van der Waals surface area contributed by atoms with E-state index in [0.29, 0.717) is 46.9 Å². The Morgan fingerprint density at radius 3 is 2.83 bits per heavy atom. The maximum atomic E-state index is 12.9. The van der Waals surface area contributed by atoms with Crippen molar-refractivity contribution in [1.82, 2.24) is 14.9 Å². The molecule has 1 aliphatic carbocycles. The minimum Gasteiger partial charge on any atom is -0.467 e. The highest BCUT2D eigenvalue weighted by atomic mass is 35.5. The summed E-state index contributed by atoms with van der Waals surface area (Å²) >= 11 is 6.16. The summed E-state index contributed by atoms with van der Waals surface area (Å²) in [7, 11) is 0. The van der Waals surface area contributed by atoms with E-state index >= 15 is 0 Å².